The third-order valence-corrected chi connectivity index (χ3v) is 3.28. The molecule has 0 aromatic carbocycles. The quantitative estimate of drug-likeness (QED) is 0.918. The molecule has 104 valence electrons. The predicted molar refractivity (Wildman–Crippen MR) is 62.4 cm³/mol. The summed E-state index contributed by atoms with van der Waals surface area (Å²) in [5, 5.41) is 12.5. The second-order valence-electron chi connectivity index (χ2n) is 3.73. The van der Waals surface area contributed by atoms with Gasteiger partial charge in [0.05, 0.1) is 12.0 Å². The molecule has 0 unspecified atom stereocenters. The number of alkyl halides is 3. The molecule has 1 N–H and O–H groups in total. The van der Waals surface area contributed by atoms with E-state index in [1.807, 2.05) is 0 Å². The van der Waals surface area contributed by atoms with Crippen molar-refractivity contribution in [3.05, 3.63) is 30.2 Å². The number of hydrogen-bond donors (Lipinski definition) is 1. The molecule has 0 aliphatic heterocycles. The van der Waals surface area contributed by atoms with E-state index in [0.717, 1.165) is 11.8 Å². The molecule has 2 rings (SSSR count). The van der Waals surface area contributed by atoms with Crippen LogP contribution < -0.4 is 0 Å². The molecule has 0 aliphatic rings. The molecule has 0 fully saturated rings. The summed E-state index contributed by atoms with van der Waals surface area (Å²) in [6.45, 7) is 0. The standard InChI is InChI=1S/C11H10F3NO3S/c12-11(13,14)10(16)6-19-5-7-4-9(18-15-7)8-2-1-3-17-8/h1-4,10,16H,5-6H2/t10-/m0/s1. The highest BCUT2D eigenvalue weighted by Gasteiger charge is 2.37. The van der Waals surface area contributed by atoms with Gasteiger partial charge in [-0.25, -0.2) is 0 Å². The number of aliphatic hydroxyl groups excluding tert-OH is 1. The van der Waals surface area contributed by atoms with Gasteiger partial charge in [-0.05, 0) is 12.1 Å². The van der Waals surface area contributed by atoms with E-state index < -0.39 is 18.0 Å². The first kappa shape index (κ1) is 14.0. The van der Waals surface area contributed by atoms with Crippen LogP contribution in [0.15, 0.2) is 33.4 Å². The van der Waals surface area contributed by atoms with Crippen molar-refractivity contribution < 1.29 is 27.2 Å². The zero-order chi connectivity index (χ0) is 13.9. The van der Waals surface area contributed by atoms with E-state index in [9.17, 15) is 13.2 Å². The Balaban J connectivity index is 1.85. The molecule has 0 amide bonds. The highest BCUT2D eigenvalue weighted by atomic mass is 32.2. The number of hydrogen-bond acceptors (Lipinski definition) is 5. The van der Waals surface area contributed by atoms with Crippen LogP contribution in [0.4, 0.5) is 13.2 Å². The Hall–Kier alpha value is -1.41. The van der Waals surface area contributed by atoms with Crippen LogP contribution in [0.3, 0.4) is 0 Å². The van der Waals surface area contributed by atoms with Crippen LogP contribution in [0, 0.1) is 0 Å². The van der Waals surface area contributed by atoms with E-state index in [0.29, 0.717) is 17.2 Å². The first-order chi connectivity index (χ1) is 8.97. The zero-order valence-corrected chi connectivity index (χ0v) is 10.4. The number of rotatable bonds is 5. The largest absolute Gasteiger partial charge is 0.461 e. The molecule has 4 nitrogen and oxygen atoms in total. The van der Waals surface area contributed by atoms with Gasteiger partial charge in [0.15, 0.2) is 11.9 Å². The first-order valence-electron chi connectivity index (χ1n) is 5.29. The van der Waals surface area contributed by atoms with Crippen molar-refractivity contribution in [2.24, 2.45) is 0 Å². The van der Waals surface area contributed by atoms with Crippen LogP contribution in [-0.2, 0) is 5.75 Å². The molecule has 0 radical (unpaired) electrons. The van der Waals surface area contributed by atoms with Crippen molar-refractivity contribution in [3.63, 3.8) is 0 Å². The lowest BCUT2D eigenvalue weighted by Gasteiger charge is -2.13. The van der Waals surface area contributed by atoms with Gasteiger partial charge in [-0.3, -0.25) is 0 Å². The van der Waals surface area contributed by atoms with Crippen molar-refractivity contribution >= 4 is 11.8 Å². The van der Waals surface area contributed by atoms with E-state index in [4.69, 9.17) is 14.0 Å². The van der Waals surface area contributed by atoms with E-state index in [-0.39, 0.29) is 5.75 Å². The molecular weight excluding hydrogens is 283 g/mol. The maximum atomic E-state index is 12.1. The normalized spacial score (nSPS) is 13.7. The highest BCUT2D eigenvalue weighted by Crippen LogP contribution is 2.26. The average Bonchev–Trinajstić information content (AvgIpc) is 2.97. The Labute approximate surface area is 110 Å². The zero-order valence-electron chi connectivity index (χ0n) is 9.55. The number of aromatic nitrogens is 1. The van der Waals surface area contributed by atoms with E-state index >= 15 is 0 Å². The van der Waals surface area contributed by atoms with Crippen molar-refractivity contribution in [3.8, 4) is 11.5 Å². The van der Waals surface area contributed by atoms with Gasteiger partial charge in [0.25, 0.3) is 0 Å². The molecule has 0 saturated heterocycles. The molecule has 2 heterocycles. The Kier molecular flexibility index (Phi) is 4.20. The second-order valence-corrected chi connectivity index (χ2v) is 4.76. The predicted octanol–water partition coefficient (Wildman–Crippen LogP) is 3.09. The summed E-state index contributed by atoms with van der Waals surface area (Å²) in [4.78, 5) is 0. The minimum atomic E-state index is -4.59. The molecule has 0 bridgehead atoms. The fourth-order valence-corrected chi connectivity index (χ4v) is 2.16. The fraction of sp³-hybridized carbons (Fsp3) is 0.364. The van der Waals surface area contributed by atoms with Crippen LogP contribution in [0.2, 0.25) is 0 Å². The number of furan rings is 1. The molecule has 2 aromatic rings. The van der Waals surface area contributed by atoms with Gasteiger partial charge < -0.3 is 14.0 Å². The molecule has 0 spiro atoms. The Bertz CT molecular complexity index is 509. The molecule has 1 atom stereocenters. The second kappa shape index (κ2) is 5.70. The number of aliphatic hydroxyl groups is 1. The average molecular weight is 293 g/mol. The Morgan fingerprint density at radius 1 is 1.37 bits per heavy atom. The third-order valence-electron chi connectivity index (χ3n) is 2.23. The topological polar surface area (TPSA) is 59.4 Å². The summed E-state index contributed by atoms with van der Waals surface area (Å²) < 4.78 is 46.2. The van der Waals surface area contributed by atoms with Gasteiger partial charge in [-0.15, -0.1) is 0 Å². The highest BCUT2D eigenvalue weighted by molar-refractivity contribution is 7.98. The SMILES string of the molecule is O[C@@H](CSCc1cc(-c2ccco2)on1)C(F)(F)F. The van der Waals surface area contributed by atoms with Crippen molar-refractivity contribution in [2.45, 2.75) is 18.0 Å². The van der Waals surface area contributed by atoms with E-state index in [1.54, 1.807) is 18.2 Å². The number of thioether (sulfide) groups is 1. The first-order valence-corrected chi connectivity index (χ1v) is 6.44. The van der Waals surface area contributed by atoms with Gasteiger partial charge in [0, 0.05) is 17.6 Å². The van der Waals surface area contributed by atoms with Crippen LogP contribution in [0.1, 0.15) is 5.69 Å². The van der Waals surface area contributed by atoms with Crippen LogP contribution in [0.25, 0.3) is 11.5 Å². The van der Waals surface area contributed by atoms with Gasteiger partial charge in [0.1, 0.15) is 0 Å². The van der Waals surface area contributed by atoms with Crippen LogP contribution in [-0.4, -0.2) is 28.3 Å². The lowest BCUT2D eigenvalue weighted by Crippen LogP contribution is -2.30. The minimum absolute atomic E-state index is 0.220. The summed E-state index contributed by atoms with van der Waals surface area (Å²) in [6, 6.07) is 4.96. The third kappa shape index (κ3) is 3.77. The number of nitrogens with zero attached hydrogens (tertiary/aromatic N) is 1. The van der Waals surface area contributed by atoms with Gasteiger partial charge >= 0.3 is 6.18 Å². The lowest BCUT2D eigenvalue weighted by atomic mass is 10.3. The lowest BCUT2D eigenvalue weighted by molar-refractivity contribution is -0.195. The van der Waals surface area contributed by atoms with Gasteiger partial charge in [-0.2, -0.15) is 24.9 Å². The smallest absolute Gasteiger partial charge is 0.415 e. The van der Waals surface area contributed by atoms with Crippen molar-refractivity contribution in [2.75, 3.05) is 5.75 Å². The molecular formula is C11H10F3NO3S. The molecule has 2 aromatic heterocycles. The van der Waals surface area contributed by atoms with Gasteiger partial charge in [0.2, 0.25) is 5.76 Å². The van der Waals surface area contributed by atoms with Crippen molar-refractivity contribution in [1.82, 2.24) is 5.16 Å². The fourth-order valence-electron chi connectivity index (χ4n) is 1.28. The Morgan fingerprint density at radius 3 is 2.79 bits per heavy atom. The minimum Gasteiger partial charge on any atom is -0.461 e. The van der Waals surface area contributed by atoms with E-state index in [1.165, 1.54) is 6.26 Å². The molecule has 0 saturated carbocycles. The maximum absolute atomic E-state index is 12.1. The molecule has 8 heteroatoms. The van der Waals surface area contributed by atoms with E-state index in [2.05, 4.69) is 5.16 Å². The summed E-state index contributed by atoms with van der Waals surface area (Å²) in [7, 11) is 0. The maximum Gasteiger partial charge on any atom is 0.415 e. The van der Waals surface area contributed by atoms with Gasteiger partial charge in [-0.1, -0.05) is 5.16 Å². The van der Waals surface area contributed by atoms with Crippen LogP contribution >= 0.6 is 11.8 Å². The summed E-state index contributed by atoms with van der Waals surface area (Å²) >= 11 is 0.929. The summed E-state index contributed by atoms with van der Waals surface area (Å²) in [5.74, 6) is 0.695. The molecule has 0 aliphatic carbocycles. The summed E-state index contributed by atoms with van der Waals surface area (Å²) in [6.07, 6.45) is -5.43. The van der Waals surface area contributed by atoms with Crippen LogP contribution in [0.5, 0.6) is 0 Å². The number of halogens is 3. The molecule has 19 heavy (non-hydrogen) atoms. The van der Waals surface area contributed by atoms with Crippen molar-refractivity contribution in [1.29, 1.82) is 0 Å². The monoisotopic (exact) mass is 293 g/mol. The Morgan fingerprint density at radius 2 is 2.16 bits per heavy atom. The summed E-state index contributed by atoms with van der Waals surface area (Å²) in [5.41, 5.74) is 0.491.